The second-order valence-electron chi connectivity index (χ2n) is 7.62. The van der Waals surface area contributed by atoms with E-state index in [1.807, 2.05) is 0 Å². The van der Waals surface area contributed by atoms with Gasteiger partial charge >= 0.3 is 23.5 Å². The molecular formula is C13H22N5O14P3. The second kappa shape index (κ2) is 9.39. The first-order valence-electron chi connectivity index (χ1n) is 9.44. The fourth-order valence-electron chi connectivity index (χ4n) is 3.57. The topological polar surface area (TPSA) is 299 Å². The fraction of sp³-hybridized carbons (Fsp3) is 0.615. The van der Waals surface area contributed by atoms with Gasteiger partial charge in [0, 0.05) is 5.92 Å². The molecule has 19 nitrogen and oxygen atoms in total. The zero-order valence-electron chi connectivity index (χ0n) is 17.8. The number of H-pyrrole nitrogens is 1. The summed E-state index contributed by atoms with van der Waals surface area (Å²) in [7, 11) is -16.9. The third kappa shape index (κ3) is 5.73. The van der Waals surface area contributed by atoms with Crippen molar-refractivity contribution in [1.29, 1.82) is 0 Å². The van der Waals surface area contributed by atoms with Crippen LogP contribution in [0.5, 0.6) is 0 Å². The number of phosphoric ester groups is 1. The number of anilines is 1. The average Bonchev–Trinajstić information content (AvgIpc) is 3.18. The zero-order valence-corrected chi connectivity index (χ0v) is 20.5. The predicted octanol–water partition coefficient (Wildman–Crippen LogP) is -1.53. The summed E-state index contributed by atoms with van der Waals surface area (Å²) in [5, 5.41) is 21.4. The van der Waals surface area contributed by atoms with E-state index in [9.17, 15) is 38.5 Å². The molecule has 0 spiro atoms. The minimum absolute atomic E-state index is 0.111. The molecule has 2 unspecified atom stereocenters. The maximum Gasteiger partial charge on any atom is 0.490 e. The van der Waals surface area contributed by atoms with E-state index in [0.29, 0.717) is 0 Å². The lowest BCUT2D eigenvalue weighted by Gasteiger charge is -2.37. The molecule has 3 rings (SSSR count). The Morgan fingerprint density at radius 2 is 1.83 bits per heavy atom. The summed E-state index contributed by atoms with van der Waals surface area (Å²) in [6.45, 7) is 2.12. The van der Waals surface area contributed by atoms with Crippen molar-refractivity contribution in [3.63, 3.8) is 0 Å². The van der Waals surface area contributed by atoms with Crippen LogP contribution >= 0.6 is 23.5 Å². The highest BCUT2D eigenvalue weighted by molar-refractivity contribution is 7.66. The maximum absolute atomic E-state index is 12.1. The molecule has 0 bridgehead atoms. The smallest absolute Gasteiger partial charge is 0.387 e. The first-order chi connectivity index (χ1) is 15.9. The van der Waals surface area contributed by atoms with Crippen LogP contribution in [0.2, 0.25) is 0 Å². The zero-order chi connectivity index (χ0) is 26.6. The van der Waals surface area contributed by atoms with Gasteiger partial charge in [0.1, 0.15) is 18.3 Å². The van der Waals surface area contributed by atoms with Crippen LogP contribution in [-0.2, 0) is 37.3 Å². The third-order valence-electron chi connectivity index (χ3n) is 4.92. The lowest BCUT2D eigenvalue weighted by Crippen LogP contribution is -2.49. The summed E-state index contributed by atoms with van der Waals surface area (Å²) in [6.07, 6.45) is -4.01. The Morgan fingerprint density at radius 1 is 1.20 bits per heavy atom. The largest absolute Gasteiger partial charge is 0.490 e. The molecule has 0 aromatic carbocycles. The van der Waals surface area contributed by atoms with Crippen molar-refractivity contribution in [2.45, 2.75) is 37.9 Å². The lowest BCUT2D eigenvalue weighted by atomic mass is 9.91. The monoisotopic (exact) mass is 565 g/mol. The van der Waals surface area contributed by atoms with E-state index in [0.717, 1.165) is 10.9 Å². The molecule has 1 saturated heterocycles. The van der Waals surface area contributed by atoms with Crippen molar-refractivity contribution >= 4 is 40.6 Å². The third-order valence-corrected chi connectivity index (χ3v) is 8.72. The van der Waals surface area contributed by atoms with Gasteiger partial charge in [-0.05, 0) is 0 Å². The van der Waals surface area contributed by atoms with Crippen LogP contribution in [0.1, 0.15) is 13.8 Å². The number of imidazole rings is 1. The Hall–Kier alpha value is -1.56. The first-order valence-corrected chi connectivity index (χ1v) is 14.0. The molecule has 0 saturated carbocycles. The van der Waals surface area contributed by atoms with Gasteiger partial charge in [-0.25, -0.2) is 18.7 Å². The van der Waals surface area contributed by atoms with Crippen LogP contribution in [0.15, 0.2) is 11.1 Å². The van der Waals surface area contributed by atoms with E-state index < -0.39 is 65.6 Å². The predicted molar refractivity (Wildman–Crippen MR) is 112 cm³/mol. The number of aromatic nitrogens is 4. The molecule has 1 aliphatic heterocycles. The summed E-state index contributed by atoms with van der Waals surface area (Å²) in [5.74, 6) is -0.941. The number of aliphatic hydroxyl groups is 2. The number of ether oxygens (including phenoxy) is 1. The summed E-state index contributed by atoms with van der Waals surface area (Å²) < 4.78 is 52.9. The van der Waals surface area contributed by atoms with Crippen LogP contribution in [0.3, 0.4) is 0 Å². The summed E-state index contributed by atoms with van der Waals surface area (Å²) >= 11 is 0. The van der Waals surface area contributed by atoms with Gasteiger partial charge in [-0.2, -0.15) is 13.6 Å². The van der Waals surface area contributed by atoms with Crippen molar-refractivity contribution in [1.82, 2.24) is 19.5 Å². The number of nitrogens with one attached hydrogen (secondary N) is 1. The molecule has 2 aromatic rings. The molecule has 1 fully saturated rings. The van der Waals surface area contributed by atoms with Crippen molar-refractivity contribution in [2.75, 3.05) is 12.3 Å². The molecule has 198 valence electrons. The standard InChI is InChI=1S/C13H22N5O14P3/c1-5(2)13(18-4-15-7-10(18)16-12(14)17-11(7)21)9(20)8(19)6(30-13)3-29-34(25,26)32-35(27,28)31-33(22,23)24/h4-6,8-9,19-20H,3H2,1-2H3,(H,25,26)(H,27,28)(H2,22,23,24)(H3,14,16,17,21)/t6-,8-,9-,13-/m1/s1. The number of hydrogen-bond donors (Lipinski definition) is 8. The van der Waals surface area contributed by atoms with Crippen molar-refractivity contribution < 1.29 is 61.4 Å². The quantitative estimate of drug-likeness (QED) is 0.160. The van der Waals surface area contributed by atoms with Crippen LogP contribution in [0.25, 0.3) is 11.2 Å². The molecule has 1 aliphatic rings. The van der Waals surface area contributed by atoms with Crippen molar-refractivity contribution in [3.05, 3.63) is 16.7 Å². The Balaban J connectivity index is 1.88. The van der Waals surface area contributed by atoms with Crippen LogP contribution in [0, 0.1) is 5.92 Å². The van der Waals surface area contributed by atoms with E-state index in [1.165, 1.54) is 0 Å². The van der Waals surface area contributed by atoms with Gasteiger partial charge in [-0.3, -0.25) is 18.9 Å². The number of nitrogens with two attached hydrogens (primary N) is 1. The maximum atomic E-state index is 12.1. The summed E-state index contributed by atoms with van der Waals surface area (Å²) in [5.41, 5.74) is 2.76. The van der Waals surface area contributed by atoms with Crippen LogP contribution < -0.4 is 11.3 Å². The van der Waals surface area contributed by atoms with E-state index >= 15 is 0 Å². The van der Waals surface area contributed by atoms with E-state index in [-0.39, 0.29) is 17.1 Å². The number of nitrogens with zero attached hydrogens (tertiary/aromatic N) is 3. The number of nitrogen functional groups attached to an aromatic ring is 1. The highest BCUT2D eigenvalue weighted by atomic mass is 31.3. The number of aromatic amines is 1. The van der Waals surface area contributed by atoms with Crippen molar-refractivity contribution in [3.8, 4) is 0 Å². The molecular weight excluding hydrogens is 543 g/mol. The molecule has 35 heavy (non-hydrogen) atoms. The van der Waals surface area contributed by atoms with Gasteiger partial charge in [0.15, 0.2) is 16.9 Å². The SMILES string of the molecule is CC(C)[C@@]1(n2cnc3c(=O)[nH]c(N)nc32)O[C@H](COP(=O)(O)OP(=O)(O)OP(=O)(O)O)[C@@H](O)[C@H]1O. The number of phosphoric acid groups is 3. The van der Waals surface area contributed by atoms with E-state index in [2.05, 4.69) is 28.1 Å². The van der Waals surface area contributed by atoms with Gasteiger partial charge in [0.05, 0.1) is 12.9 Å². The number of rotatable bonds is 9. The van der Waals surface area contributed by atoms with Crippen molar-refractivity contribution in [2.24, 2.45) is 5.92 Å². The van der Waals surface area contributed by atoms with Gasteiger partial charge in [-0.15, -0.1) is 0 Å². The van der Waals surface area contributed by atoms with E-state index in [1.54, 1.807) is 13.8 Å². The molecule has 22 heteroatoms. The Kier molecular flexibility index (Phi) is 7.52. The average molecular weight is 565 g/mol. The van der Waals surface area contributed by atoms with Gasteiger partial charge in [0.2, 0.25) is 5.95 Å². The lowest BCUT2D eigenvalue weighted by molar-refractivity contribution is -0.173. The Labute approximate surface area is 194 Å². The van der Waals surface area contributed by atoms with Gasteiger partial charge < -0.3 is 40.3 Å². The molecule has 9 N–H and O–H groups in total. The van der Waals surface area contributed by atoms with Crippen LogP contribution in [-0.4, -0.2) is 74.2 Å². The number of fused-ring (bicyclic) bond motifs is 1. The molecule has 0 radical (unpaired) electrons. The minimum Gasteiger partial charge on any atom is -0.387 e. The normalized spacial score (nSPS) is 28.9. The highest BCUT2D eigenvalue weighted by Gasteiger charge is 2.58. The molecule has 0 amide bonds. The molecule has 0 aliphatic carbocycles. The molecule has 3 heterocycles. The Bertz CT molecular complexity index is 1310. The summed E-state index contributed by atoms with van der Waals surface area (Å²) in [4.78, 5) is 58.3. The number of aliphatic hydroxyl groups excluding tert-OH is 2. The first kappa shape index (κ1) is 28.0. The Morgan fingerprint density at radius 3 is 2.40 bits per heavy atom. The van der Waals surface area contributed by atoms with Gasteiger partial charge in [0.25, 0.3) is 5.56 Å². The molecule has 6 atom stereocenters. The van der Waals surface area contributed by atoms with E-state index in [4.69, 9.17) is 20.3 Å². The second-order valence-corrected chi connectivity index (χ2v) is 12.0. The summed E-state index contributed by atoms with van der Waals surface area (Å²) in [6, 6.07) is 0. The van der Waals surface area contributed by atoms with Crippen LogP contribution in [0.4, 0.5) is 5.95 Å². The molecule has 2 aromatic heterocycles. The highest BCUT2D eigenvalue weighted by Crippen LogP contribution is 2.66. The minimum atomic E-state index is -5.76. The van der Waals surface area contributed by atoms with Gasteiger partial charge in [-0.1, -0.05) is 13.8 Å². The number of hydrogen-bond acceptors (Lipinski definition) is 13. The fourth-order valence-corrected chi connectivity index (χ4v) is 6.60.